The van der Waals surface area contributed by atoms with Crippen LogP contribution in [-0.4, -0.2) is 60.0 Å². The van der Waals surface area contributed by atoms with E-state index in [1.165, 1.54) is 6.26 Å². The molecule has 0 radical (unpaired) electrons. The van der Waals surface area contributed by atoms with Gasteiger partial charge in [-0.05, 0) is 24.7 Å². The van der Waals surface area contributed by atoms with Crippen LogP contribution in [-0.2, 0) is 21.1 Å². The maximum Gasteiger partial charge on any atom is 0.175 e. The van der Waals surface area contributed by atoms with Crippen LogP contribution in [0.1, 0.15) is 5.56 Å². The van der Waals surface area contributed by atoms with Crippen LogP contribution in [0.2, 0.25) is 0 Å². The van der Waals surface area contributed by atoms with Gasteiger partial charge < -0.3 is 15.0 Å². The van der Waals surface area contributed by atoms with Gasteiger partial charge in [0.15, 0.2) is 9.84 Å². The summed E-state index contributed by atoms with van der Waals surface area (Å²) >= 11 is 0. The summed E-state index contributed by atoms with van der Waals surface area (Å²) in [6, 6.07) is 7.06. The highest BCUT2D eigenvalue weighted by Gasteiger charge is 2.06. The third kappa shape index (κ3) is 6.47. The van der Waals surface area contributed by atoms with Crippen LogP contribution in [0.4, 0.5) is 0 Å². The first-order valence-corrected chi connectivity index (χ1v) is 8.50. The summed E-state index contributed by atoms with van der Waals surface area (Å²) in [4.78, 5) is 2.56. The van der Waals surface area contributed by atoms with Gasteiger partial charge in [0.25, 0.3) is 0 Å². The number of hydrogen-bond donors (Lipinski definition) is 1. The third-order valence-electron chi connectivity index (χ3n) is 2.96. The van der Waals surface area contributed by atoms with Crippen LogP contribution < -0.4 is 5.32 Å². The summed E-state index contributed by atoms with van der Waals surface area (Å²) < 4.78 is 27.7. The number of ether oxygens (including phenoxy) is 1. The molecule has 0 aliphatic heterocycles. The van der Waals surface area contributed by atoms with E-state index in [0.717, 1.165) is 38.3 Å². The molecule has 1 N–H and O–H groups in total. The van der Waals surface area contributed by atoms with Gasteiger partial charge in [-0.15, -0.1) is 0 Å². The molecule has 6 heteroatoms. The first kappa shape index (κ1) is 17.1. The number of rotatable bonds is 9. The second-order valence-electron chi connectivity index (χ2n) is 4.90. The molecule has 0 bridgehead atoms. The lowest BCUT2D eigenvalue weighted by atomic mass is 10.2. The van der Waals surface area contributed by atoms with Gasteiger partial charge in [-0.2, -0.15) is 0 Å². The summed E-state index contributed by atoms with van der Waals surface area (Å²) in [6.45, 7) is 4.21. The maximum absolute atomic E-state index is 11.4. The van der Waals surface area contributed by atoms with Gasteiger partial charge in [-0.1, -0.05) is 12.1 Å². The number of sulfone groups is 1. The molecule has 1 aromatic carbocycles. The highest BCUT2D eigenvalue weighted by Crippen LogP contribution is 2.11. The quantitative estimate of drug-likeness (QED) is 0.682. The highest BCUT2D eigenvalue weighted by atomic mass is 32.2. The second-order valence-corrected chi connectivity index (χ2v) is 6.91. The van der Waals surface area contributed by atoms with Gasteiger partial charge in [0.1, 0.15) is 0 Å². The lowest BCUT2D eigenvalue weighted by Gasteiger charge is -2.17. The largest absolute Gasteiger partial charge is 0.383 e. The van der Waals surface area contributed by atoms with Crippen molar-refractivity contribution < 1.29 is 13.2 Å². The van der Waals surface area contributed by atoms with Crippen LogP contribution in [0.3, 0.4) is 0 Å². The molecular formula is C14H24N2O3S. The van der Waals surface area contributed by atoms with E-state index in [1.54, 1.807) is 19.2 Å². The molecule has 0 unspecified atom stereocenters. The lowest BCUT2D eigenvalue weighted by Crippen LogP contribution is -2.30. The smallest absolute Gasteiger partial charge is 0.175 e. The first-order valence-electron chi connectivity index (χ1n) is 6.60. The molecule has 0 amide bonds. The van der Waals surface area contributed by atoms with Gasteiger partial charge in [0, 0.05) is 39.5 Å². The Labute approximate surface area is 121 Å². The summed E-state index contributed by atoms with van der Waals surface area (Å²) in [5, 5.41) is 3.29. The summed E-state index contributed by atoms with van der Waals surface area (Å²) in [7, 11) is 0.626. The zero-order valence-corrected chi connectivity index (χ0v) is 13.2. The first-order chi connectivity index (χ1) is 9.43. The van der Waals surface area contributed by atoms with Crippen molar-refractivity contribution in [3.8, 4) is 0 Å². The molecule has 0 aliphatic rings. The van der Waals surface area contributed by atoms with E-state index < -0.39 is 9.84 Å². The van der Waals surface area contributed by atoms with E-state index in [2.05, 4.69) is 10.2 Å². The van der Waals surface area contributed by atoms with E-state index in [0.29, 0.717) is 4.90 Å². The van der Waals surface area contributed by atoms with Crippen molar-refractivity contribution in [1.82, 2.24) is 10.2 Å². The summed E-state index contributed by atoms with van der Waals surface area (Å²) in [6.07, 6.45) is 1.22. The molecule has 0 spiro atoms. The Hall–Kier alpha value is -0.950. The Morgan fingerprint density at radius 1 is 1.20 bits per heavy atom. The topological polar surface area (TPSA) is 58.6 Å². The zero-order chi connectivity index (χ0) is 15.0. The molecule has 0 saturated heterocycles. The van der Waals surface area contributed by atoms with Crippen LogP contribution in [0.5, 0.6) is 0 Å². The van der Waals surface area contributed by atoms with Gasteiger partial charge in [-0.25, -0.2) is 8.42 Å². The molecule has 0 fully saturated rings. The fraction of sp³-hybridized carbons (Fsp3) is 0.571. The number of nitrogens with one attached hydrogen (secondary N) is 1. The minimum Gasteiger partial charge on any atom is -0.383 e. The summed E-state index contributed by atoms with van der Waals surface area (Å²) in [5.41, 5.74) is 1.11. The standard InChI is InChI=1S/C14H24N2O3S/c1-16(10-8-15-9-11-19-2)12-13-4-6-14(7-5-13)20(3,17)18/h4-7,15H,8-12H2,1-3H3. The second kappa shape index (κ2) is 8.36. The number of likely N-dealkylation sites (N-methyl/N-ethyl adjacent to an activating group) is 1. The Balaban J connectivity index is 2.37. The maximum atomic E-state index is 11.4. The van der Waals surface area contributed by atoms with Crippen molar-refractivity contribution in [1.29, 1.82) is 0 Å². The normalized spacial score (nSPS) is 12.0. The van der Waals surface area contributed by atoms with Gasteiger partial charge in [0.2, 0.25) is 0 Å². The fourth-order valence-electron chi connectivity index (χ4n) is 1.80. The molecule has 0 saturated carbocycles. The molecule has 0 aliphatic carbocycles. The van der Waals surface area contributed by atoms with Crippen LogP contribution in [0, 0.1) is 0 Å². The van der Waals surface area contributed by atoms with E-state index in [-0.39, 0.29) is 0 Å². The van der Waals surface area contributed by atoms with Crippen molar-refractivity contribution in [3.63, 3.8) is 0 Å². The SMILES string of the molecule is COCCNCCN(C)Cc1ccc(S(C)(=O)=O)cc1. The Bertz CT molecular complexity index is 486. The van der Waals surface area contributed by atoms with E-state index in [4.69, 9.17) is 4.74 Å². The Kier molecular flexibility index (Phi) is 7.15. The van der Waals surface area contributed by atoms with Crippen molar-refractivity contribution in [2.75, 3.05) is 46.7 Å². The minimum atomic E-state index is -3.11. The third-order valence-corrected chi connectivity index (χ3v) is 4.09. The number of benzene rings is 1. The molecular weight excluding hydrogens is 276 g/mol. The number of nitrogens with zero attached hydrogens (tertiary/aromatic N) is 1. The molecule has 1 rings (SSSR count). The molecule has 114 valence electrons. The van der Waals surface area contributed by atoms with Crippen LogP contribution >= 0.6 is 0 Å². The molecule has 0 atom stereocenters. The van der Waals surface area contributed by atoms with Crippen LogP contribution in [0.25, 0.3) is 0 Å². The van der Waals surface area contributed by atoms with E-state index in [1.807, 2.05) is 19.2 Å². The molecule has 1 aromatic rings. The average Bonchev–Trinajstić information content (AvgIpc) is 2.38. The average molecular weight is 300 g/mol. The van der Waals surface area contributed by atoms with Crippen molar-refractivity contribution in [2.45, 2.75) is 11.4 Å². The van der Waals surface area contributed by atoms with Gasteiger partial charge >= 0.3 is 0 Å². The number of hydrogen-bond acceptors (Lipinski definition) is 5. The Morgan fingerprint density at radius 2 is 1.85 bits per heavy atom. The van der Waals surface area contributed by atoms with Crippen molar-refractivity contribution in [2.24, 2.45) is 0 Å². The molecule has 20 heavy (non-hydrogen) atoms. The van der Waals surface area contributed by atoms with Crippen molar-refractivity contribution in [3.05, 3.63) is 29.8 Å². The predicted octanol–water partition coefficient (Wildman–Crippen LogP) is 0.758. The molecule has 5 nitrogen and oxygen atoms in total. The minimum absolute atomic E-state index is 0.366. The van der Waals surface area contributed by atoms with E-state index in [9.17, 15) is 8.42 Å². The monoisotopic (exact) mass is 300 g/mol. The fourth-order valence-corrected chi connectivity index (χ4v) is 2.43. The van der Waals surface area contributed by atoms with Gasteiger partial charge in [-0.3, -0.25) is 0 Å². The summed E-state index contributed by atoms with van der Waals surface area (Å²) in [5.74, 6) is 0. The zero-order valence-electron chi connectivity index (χ0n) is 12.4. The van der Waals surface area contributed by atoms with Crippen LogP contribution in [0.15, 0.2) is 29.2 Å². The number of methoxy groups -OCH3 is 1. The Morgan fingerprint density at radius 3 is 2.40 bits per heavy atom. The van der Waals surface area contributed by atoms with Gasteiger partial charge in [0.05, 0.1) is 11.5 Å². The van der Waals surface area contributed by atoms with E-state index >= 15 is 0 Å². The predicted molar refractivity (Wildman–Crippen MR) is 80.6 cm³/mol. The van der Waals surface area contributed by atoms with Crippen molar-refractivity contribution >= 4 is 9.84 Å². The molecule has 0 heterocycles. The lowest BCUT2D eigenvalue weighted by molar-refractivity contribution is 0.197. The highest BCUT2D eigenvalue weighted by molar-refractivity contribution is 7.90. The molecule has 0 aromatic heterocycles.